The summed E-state index contributed by atoms with van der Waals surface area (Å²) in [5.74, 6) is 0.769. The van der Waals surface area contributed by atoms with Crippen LogP contribution in [-0.2, 0) is 19.6 Å². The molecular weight excluding hydrogens is 244 g/mol. The maximum absolute atomic E-state index is 5.75. The van der Waals surface area contributed by atoms with E-state index in [1.807, 2.05) is 12.1 Å². The van der Waals surface area contributed by atoms with Gasteiger partial charge >= 0.3 is 0 Å². The molecule has 1 aromatic rings. The van der Waals surface area contributed by atoms with Crippen LogP contribution in [0.15, 0.2) is 18.2 Å². The molecule has 4 nitrogen and oxygen atoms in total. The van der Waals surface area contributed by atoms with E-state index in [2.05, 4.69) is 26.8 Å². The molecule has 0 fully saturated rings. The van der Waals surface area contributed by atoms with Gasteiger partial charge in [0.2, 0.25) is 0 Å². The number of methoxy groups -OCH3 is 3. The summed E-state index contributed by atoms with van der Waals surface area (Å²) >= 11 is 0. The number of para-hydroxylation sites is 1. The molecule has 0 aliphatic carbocycles. The van der Waals surface area contributed by atoms with Crippen LogP contribution in [0.5, 0.6) is 5.75 Å². The molecule has 19 heavy (non-hydrogen) atoms. The van der Waals surface area contributed by atoms with E-state index in [0.29, 0.717) is 0 Å². The Morgan fingerprint density at radius 3 is 2.16 bits per heavy atom. The van der Waals surface area contributed by atoms with Gasteiger partial charge in [-0.25, -0.2) is 0 Å². The van der Waals surface area contributed by atoms with Crippen molar-refractivity contribution in [3.05, 3.63) is 29.3 Å². The average molecular weight is 268 g/mol. The lowest BCUT2D eigenvalue weighted by Crippen LogP contribution is -2.17. The molecule has 1 rings (SSSR count). The van der Waals surface area contributed by atoms with Gasteiger partial charge in [-0.1, -0.05) is 39.0 Å². The van der Waals surface area contributed by atoms with E-state index in [1.165, 1.54) is 0 Å². The Balaban J connectivity index is 3.29. The first-order valence-electron chi connectivity index (χ1n) is 6.26. The molecule has 108 valence electrons. The van der Waals surface area contributed by atoms with E-state index >= 15 is 0 Å². The van der Waals surface area contributed by atoms with Gasteiger partial charge in [0, 0.05) is 26.9 Å². The third kappa shape index (κ3) is 3.93. The molecule has 0 spiro atoms. The molecule has 0 saturated heterocycles. The minimum atomic E-state index is -0.450. The Labute approximate surface area is 115 Å². The van der Waals surface area contributed by atoms with Crippen LogP contribution in [0.1, 0.15) is 38.2 Å². The summed E-state index contributed by atoms with van der Waals surface area (Å²) in [6, 6.07) is 5.98. The maximum atomic E-state index is 5.75. The zero-order valence-electron chi connectivity index (χ0n) is 12.6. The number of ether oxygens (including phenoxy) is 4. The Morgan fingerprint density at radius 1 is 1.05 bits per heavy atom. The molecule has 0 saturated carbocycles. The van der Waals surface area contributed by atoms with Crippen molar-refractivity contribution in [3.63, 3.8) is 0 Å². The van der Waals surface area contributed by atoms with Crippen LogP contribution in [0.25, 0.3) is 0 Å². The molecule has 0 aliphatic rings. The summed E-state index contributed by atoms with van der Waals surface area (Å²) in [6.07, 6.45) is -0.450. The highest BCUT2D eigenvalue weighted by Gasteiger charge is 2.24. The summed E-state index contributed by atoms with van der Waals surface area (Å²) in [6.45, 7) is 6.61. The first kappa shape index (κ1) is 16.0. The van der Waals surface area contributed by atoms with E-state index in [-0.39, 0.29) is 12.2 Å². The van der Waals surface area contributed by atoms with Crippen LogP contribution >= 0.6 is 0 Å². The Kier molecular flexibility index (Phi) is 5.79. The normalized spacial score (nSPS) is 11.9. The van der Waals surface area contributed by atoms with Crippen molar-refractivity contribution < 1.29 is 18.9 Å². The zero-order valence-corrected chi connectivity index (χ0v) is 12.6. The molecule has 0 atom stereocenters. The molecule has 0 heterocycles. The Morgan fingerprint density at radius 2 is 1.68 bits per heavy atom. The summed E-state index contributed by atoms with van der Waals surface area (Å²) < 4.78 is 21.4. The fourth-order valence-corrected chi connectivity index (χ4v) is 1.96. The molecule has 0 aliphatic heterocycles. The molecule has 0 aromatic heterocycles. The van der Waals surface area contributed by atoms with Crippen LogP contribution in [0.3, 0.4) is 0 Å². The van der Waals surface area contributed by atoms with Gasteiger partial charge in [-0.2, -0.15) is 0 Å². The van der Waals surface area contributed by atoms with Gasteiger partial charge in [0.15, 0.2) is 13.1 Å². The lowest BCUT2D eigenvalue weighted by atomic mass is 9.85. The van der Waals surface area contributed by atoms with E-state index in [1.54, 1.807) is 21.3 Å². The smallest absolute Gasteiger partial charge is 0.188 e. The van der Waals surface area contributed by atoms with Crippen molar-refractivity contribution in [3.8, 4) is 5.75 Å². The van der Waals surface area contributed by atoms with E-state index in [9.17, 15) is 0 Å². The molecule has 1 aromatic carbocycles. The minimum Gasteiger partial charge on any atom is -0.467 e. The van der Waals surface area contributed by atoms with Crippen molar-refractivity contribution in [2.24, 2.45) is 0 Å². The van der Waals surface area contributed by atoms with Crippen molar-refractivity contribution >= 4 is 0 Å². The summed E-state index contributed by atoms with van der Waals surface area (Å²) in [4.78, 5) is 0. The average Bonchev–Trinajstić information content (AvgIpc) is 2.37. The SMILES string of the molecule is COCOc1c(C(OC)OC)cccc1C(C)(C)C. The second-order valence-corrected chi connectivity index (χ2v) is 5.33. The second-order valence-electron chi connectivity index (χ2n) is 5.33. The summed E-state index contributed by atoms with van der Waals surface area (Å²) in [5.41, 5.74) is 1.93. The van der Waals surface area contributed by atoms with Crippen molar-refractivity contribution in [1.82, 2.24) is 0 Å². The number of benzene rings is 1. The fraction of sp³-hybridized carbons (Fsp3) is 0.600. The number of hydrogen-bond acceptors (Lipinski definition) is 4. The molecule has 4 heteroatoms. The highest BCUT2D eigenvalue weighted by atomic mass is 16.7. The van der Waals surface area contributed by atoms with Gasteiger partial charge in [-0.3, -0.25) is 0 Å². The van der Waals surface area contributed by atoms with Gasteiger partial charge in [-0.05, 0) is 5.41 Å². The highest BCUT2D eigenvalue weighted by Crippen LogP contribution is 2.37. The first-order chi connectivity index (χ1) is 8.95. The van der Waals surface area contributed by atoms with E-state index < -0.39 is 6.29 Å². The lowest BCUT2D eigenvalue weighted by molar-refractivity contribution is -0.108. The topological polar surface area (TPSA) is 36.9 Å². The van der Waals surface area contributed by atoms with Gasteiger partial charge in [0.05, 0.1) is 5.56 Å². The molecule has 0 amide bonds. The second kappa shape index (κ2) is 6.89. The molecule has 0 radical (unpaired) electrons. The van der Waals surface area contributed by atoms with Gasteiger partial charge < -0.3 is 18.9 Å². The highest BCUT2D eigenvalue weighted by molar-refractivity contribution is 5.45. The molecule has 0 unspecified atom stereocenters. The van der Waals surface area contributed by atoms with Crippen molar-refractivity contribution in [2.45, 2.75) is 32.5 Å². The fourth-order valence-electron chi connectivity index (χ4n) is 1.96. The summed E-state index contributed by atoms with van der Waals surface area (Å²) in [7, 11) is 4.82. The zero-order chi connectivity index (χ0) is 14.5. The first-order valence-corrected chi connectivity index (χ1v) is 6.26. The standard InChI is InChI=1S/C15H24O4/c1-15(2,3)12-9-7-8-11(14(17-5)18-6)13(12)19-10-16-4/h7-9,14H,10H2,1-6H3. The predicted molar refractivity (Wildman–Crippen MR) is 74.4 cm³/mol. The van der Waals surface area contributed by atoms with Gasteiger partial charge in [-0.15, -0.1) is 0 Å². The molecular formula is C15H24O4. The summed E-state index contributed by atoms with van der Waals surface area (Å²) in [5, 5.41) is 0. The third-order valence-electron chi connectivity index (χ3n) is 2.86. The predicted octanol–water partition coefficient (Wildman–Crippen LogP) is 3.26. The van der Waals surface area contributed by atoms with Crippen molar-refractivity contribution in [1.29, 1.82) is 0 Å². The van der Waals surface area contributed by atoms with Gasteiger partial charge in [0.25, 0.3) is 0 Å². The Hall–Kier alpha value is -1.10. The Bertz CT molecular complexity index is 392. The van der Waals surface area contributed by atoms with Crippen LogP contribution in [0.2, 0.25) is 0 Å². The van der Waals surface area contributed by atoms with Crippen LogP contribution in [-0.4, -0.2) is 28.1 Å². The monoisotopic (exact) mass is 268 g/mol. The van der Waals surface area contributed by atoms with Crippen molar-refractivity contribution in [2.75, 3.05) is 28.1 Å². The lowest BCUT2D eigenvalue weighted by Gasteiger charge is -2.26. The van der Waals surface area contributed by atoms with Crippen LogP contribution in [0.4, 0.5) is 0 Å². The van der Waals surface area contributed by atoms with E-state index in [0.717, 1.165) is 16.9 Å². The maximum Gasteiger partial charge on any atom is 0.188 e. The molecule has 0 N–H and O–H groups in total. The van der Waals surface area contributed by atoms with Crippen LogP contribution < -0.4 is 4.74 Å². The quantitative estimate of drug-likeness (QED) is 0.742. The largest absolute Gasteiger partial charge is 0.467 e. The number of hydrogen-bond donors (Lipinski definition) is 0. The molecule has 0 bridgehead atoms. The van der Waals surface area contributed by atoms with E-state index in [4.69, 9.17) is 18.9 Å². The van der Waals surface area contributed by atoms with Gasteiger partial charge in [0.1, 0.15) is 5.75 Å². The van der Waals surface area contributed by atoms with Crippen LogP contribution in [0, 0.1) is 0 Å². The minimum absolute atomic E-state index is 0.0366. The number of rotatable bonds is 6. The third-order valence-corrected chi connectivity index (χ3v) is 2.86.